The van der Waals surface area contributed by atoms with Gasteiger partial charge in [0.2, 0.25) is 5.91 Å². The third-order valence-electron chi connectivity index (χ3n) is 6.77. The summed E-state index contributed by atoms with van der Waals surface area (Å²) < 4.78 is 0. The van der Waals surface area contributed by atoms with Gasteiger partial charge in [0.25, 0.3) is 0 Å². The molecule has 1 aromatic heterocycles. The Morgan fingerprint density at radius 3 is 2.65 bits per heavy atom. The van der Waals surface area contributed by atoms with Crippen LogP contribution in [0.4, 0.5) is 5.69 Å². The molecule has 3 aromatic rings. The maximum atomic E-state index is 12.7. The van der Waals surface area contributed by atoms with Gasteiger partial charge in [0.05, 0.1) is 12.6 Å². The highest BCUT2D eigenvalue weighted by Gasteiger charge is 2.26. The summed E-state index contributed by atoms with van der Waals surface area (Å²) in [5.41, 5.74) is 6.32. The van der Waals surface area contributed by atoms with Gasteiger partial charge in [-0.3, -0.25) is 9.89 Å². The van der Waals surface area contributed by atoms with Crippen LogP contribution in [0.25, 0.3) is 11.1 Å². The number of nitrogens with zero attached hydrogens (tertiary/aromatic N) is 3. The van der Waals surface area contributed by atoms with Crippen LogP contribution in [0.1, 0.15) is 30.4 Å². The molecule has 1 N–H and O–H groups in total. The number of hydrogen-bond donors (Lipinski definition) is 1. The van der Waals surface area contributed by atoms with Crippen molar-refractivity contribution >= 4 is 11.6 Å². The van der Waals surface area contributed by atoms with Gasteiger partial charge in [-0.2, -0.15) is 5.10 Å². The average Bonchev–Trinajstić information content (AvgIpc) is 3.35. The molecular formula is C26H30N4O. The highest BCUT2D eigenvalue weighted by molar-refractivity contribution is 5.78. The molecular weight excluding hydrogens is 384 g/mol. The van der Waals surface area contributed by atoms with Crippen molar-refractivity contribution < 1.29 is 4.79 Å². The monoisotopic (exact) mass is 414 g/mol. The summed E-state index contributed by atoms with van der Waals surface area (Å²) >= 11 is 0. The van der Waals surface area contributed by atoms with Gasteiger partial charge in [-0.05, 0) is 60.4 Å². The fourth-order valence-electron chi connectivity index (χ4n) is 5.01. The molecule has 1 saturated heterocycles. The fourth-order valence-corrected chi connectivity index (χ4v) is 5.01. The Bertz CT molecular complexity index is 1010. The molecule has 1 amide bonds. The minimum absolute atomic E-state index is 0.264. The molecule has 2 aliphatic rings. The largest absolute Gasteiger partial charge is 0.371 e. The van der Waals surface area contributed by atoms with Crippen LogP contribution in [-0.2, 0) is 17.6 Å². The summed E-state index contributed by atoms with van der Waals surface area (Å²) in [6.45, 7) is 4.00. The number of aryl methyl sites for hydroxylation is 1. The number of carbonyl (C=O) groups excluding carboxylic acids is 1. The van der Waals surface area contributed by atoms with Crippen molar-refractivity contribution in [2.45, 2.75) is 32.1 Å². The molecule has 0 atom stereocenters. The number of likely N-dealkylation sites (tertiary alicyclic amines) is 1. The second kappa shape index (κ2) is 8.96. The Morgan fingerprint density at radius 1 is 1.03 bits per heavy atom. The normalized spacial score (nSPS) is 16.9. The lowest BCUT2D eigenvalue weighted by Gasteiger charge is -2.38. The first-order valence-corrected chi connectivity index (χ1v) is 11.4. The SMILES string of the molecule is O=C(Cc1ccccc1)N1CCC(CN2CCCc3cc(-c4cn[nH]c4)ccc32)CC1. The third kappa shape index (κ3) is 4.50. The molecule has 160 valence electrons. The molecule has 3 heterocycles. The molecule has 2 aromatic carbocycles. The summed E-state index contributed by atoms with van der Waals surface area (Å²) in [6.07, 6.45) is 8.90. The van der Waals surface area contributed by atoms with E-state index in [1.807, 2.05) is 42.7 Å². The molecule has 0 bridgehead atoms. The van der Waals surface area contributed by atoms with Crippen LogP contribution < -0.4 is 4.90 Å². The van der Waals surface area contributed by atoms with Crippen molar-refractivity contribution in [1.29, 1.82) is 0 Å². The number of hydrogen-bond acceptors (Lipinski definition) is 3. The number of anilines is 1. The van der Waals surface area contributed by atoms with E-state index in [1.54, 1.807) is 0 Å². The first kappa shape index (κ1) is 19.9. The lowest BCUT2D eigenvalue weighted by atomic mass is 9.92. The van der Waals surface area contributed by atoms with Gasteiger partial charge in [0, 0.05) is 43.6 Å². The Morgan fingerprint density at radius 2 is 1.87 bits per heavy atom. The zero-order valence-electron chi connectivity index (χ0n) is 18.0. The molecule has 5 rings (SSSR count). The number of amides is 1. The van der Waals surface area contributed by atoms with Crippen LogP contribution in [0.3, 0.4) is 0 Å². The van der Waals surface area contributed by atoms with E-state index in [4.69, 9.17) is 0 Å². The Labute approximate surface area is 184 Å². The van der Waals surface area contributed by atoms with Crippen LogP contribution in [0.2, 0.25) is 0 Å². The molecule has 0 unspecified atom stereocenters. The smallest absolute Gasteiger partial charge is 0.226 e. The van der Waals surface area contributed by atoms with Crippen LogP contribution >= 0.6 is 0 Å². The van der Waals surface area contributed by atoms with E-state index in [9.17, 15) is 4.79 Å². The minimum Gasteiger partial charge on any atom is -0.371 e. The van der Waals surface area contributed by atoms with E-state index in [2.05, 4.69) is 38.2 Å². The predicted molar refractivity (Wildman–Crippen MR) is 124 cm³/mol. The summed E-state index contributed by atoms with van der Waals surface area (Å²) in [7, 11) is 0. The van der Waals surface area contributed by atoms with Crippen molar-refractivity contribution in [2.24, 2.45) is 5.92 Å². The van der Waals surface area contributed by atoms with Gasteiger partial charge in [0.15, 0.2) is 0 Å². The van der Waals surface area contributed by atoms with Gasteiger partial charge in [-0.1, -0.05) is 36.4 Å². The molecule has 0 radical (unpaired) electrons. The molecule has 1 fully saturated rings. The third-order valence-corrected chi connectivity index (χ3v) is 6.77. The topological polar surface area (TPSA) is 52.2 Å². The zero-order valence-corrected chi connectivity index (χ0v) is 18.0. The molecule has 2 aliphatic heterocycles. The number of H-pyrrole nitrogens is 1. The van der Waals surface area contributed by atoms with Crippen molar-refractivity contribution in [2.75, 3.05) is 31.1 Å². The van der Waals surface area contributed by atoms with E-state index >= 15 is 0 Å². The predicted octanol–water partition coefficient (Wildman–Crippen LogP) is 4.31. The number of aromatic nitrogens is 2. The first-order chi connectivity index (χ1) is 15.3. The van der Waals surface area contributed by atoms with Gasteiger partial charge in [0.1, 0.15) is 0 Å². The minimum atomic E-state index is 0.264. The van der Waals surface area contributed by atoms with Gasteiger partial charge >= 0.3 is 0 Å². The molecule has 0 spiro atoms. The number of carbonyl (C=O) groups is 1. The Kier molecular flexibility index (Phi) is 5.74. The number of aromatic amines is 1. The van der Waals surface area contributed by atoms with E-state index in [-0.39, 0.29) is 5.91 Å². The van der Waals surface area contributed by atoms with E-state index in [0.29, 0.717) is 12.3 Å². The van der Waals surface area contributed by atoms with E-state index in [0.717, 1.165) is 56.6 Å². The maximum Gasteiger partial charge on any atom is 0.226 e. The summed E-state index contributed by atoms with van der Waals surface area (Å²) in [4.78, 5) is 17.3. The standard InChI is InChI=1S/C26H30N4O/c31-26(15-20-5-2-1-3-6-20)29-13-10-21(11-14-29)19-30-12-4-7-23-16-22(8-9-25(23)30)24-17-27-28-18-24/h1-3,5-6,8-9,16-18,21H,4,7,10-15,19H2,(H,27,28). The highest BCUT2D eigenvalue weighted by atomic mass is 16.2. The van der Waals surface area contributed by atoms with Gasteiger partial charge in [-0.25, -0.2) is 0 Å². The molecule has 31 heavy (non-hydrogen) atoms. The van der Waals surface area contributed by atoms with Crippen molar-refractivity contribution in [3.63, 3.8) is 0 Å². The number of rotatable bonds is 5. The molecule has 5 heteroatoms. The quantitative estimate of drug-likeness (QED) is 0.677. The lowest BCUT2D eigenvalue weighted by molar-refractivity contribution is -0.131. The zero-order chi connectivity index (χ0) is 21.0. The van der Waals surface area contributed by atoms with Crippen LogP contribution in [0, 0.1) is 5.92 Å². The summed E-state index contributed by atoms with van der Waals surface area (Å²) in [5.74, 6) is 0.917. The second-order valence-corrected chi connectivity index (χ2v) is 8.87. The number of piperidine rings is 1. The number of benzene rings is 2. The van der Waals surface area contributed by atoms with Crippen LogP contribution in [-0.4, -0.2) is 47.2 Å². The average molecular weight is 415 g/mol. The van der Waals surface area contributed by atoms with Crippen molar-refractivity contribution in [1.82, 2.24) is 15.1 Å². The summed E-state index contributed by atoms with van der Waals surface area (Å²) in [5, 5.41) is 6.99. The van der Waals surface area contributed by atoms with Gasteiger partial charge in [-0.15, -0.1) is 0 Å². The summed E-state index contributed by atoms with van der Waals surface area (Å²) in [6, 6.07) is 16.9. The molecule has 0 saturated carbocycles. The Hall–Kier alpha value is -3.08. The fraction of sp³-hybridized carbons (Fsp3) is 0.385. The number of nitrogens with one attached hydrogen (secondary N) is 1. The lowest BCUT2D eigenvalue weighted by Crippen LogP contribution is -2.43. The Balaban J connectivity index is 1.18. The van der Waals surface area contributed by atoms with Crippen LogP contribution in [0.5, 0.6) is 0 Å². The molecule has 5 nitrogen and oxygen atoms in total. The second-order valence-electron chi connectivity index (χ2n) is 8.87. The van der Waals surface area contributed by atoms with Crippen LogP contribution in [0.15, 0.2) is 60.9 Å². The van der Waals surface area contributed by atoms with E-state index in [1.165, 1.54) is 23.2 Å². The maximum absolute atomic E-state index is 12.7. The van der Waals surface area contributed by atoms with Crippen molar-refractivity contribution in [3.8, 4) is 11.1 Å². The first-order valence-electron chi connectivity index (χ1n) is 11.4. The highest BCUT2D eigenvalue weighted by Crippen LogP contribution is 2.33. The van der Waals surface area contributed by atoms with Crippen molar-refractivity contribution in [3.05, 3.63) is 72.1 Å². The molecule has 0 aliphatic carbocycles. The van der Waals surface area contributed by atoms with Gasteiger partial charge < -0.3 is 9.80 Å². The number of fused-ring (bicyclic) bond motifs is 1. The van der Waals surface area contributed by atoms with E-state index < -0.39 is 0 Å².